The Morgan fingerprint density at radius 3 is 2.62 bits per heavy atom. The molecule has 0 bridgehead atoms. The summed E-state index contributed by atoms with van der Waals surface area (Å²) >= 11 is 0. The first-order chi connectivity index (χ1) is 5.72. The summed E-state index contributed by atoms with van der Waals surface area (Å²) in [5, 5.41) is 0. The third-order valence-electron chi connectivity index (χ3n) is 1.91. The van der Waals surface area contributed by atoms with E-state index in [4.69, 9.17) is 0 Å². The number of rotatable bonds is 0. The molecular weight excluding hydrogens is 243 g/mol. The number of hydrogen-bond acceptors (Lipinski definition) is 2. The molecule has 3 nitrogen and oxygen atoms in total. The summed E-state index contributed by atoms with van der Waals surface area (Å²) in [5.74, 6) is -0.512. The summed E-state index contributed by atoms with van der Waals surface area (Å²) in [4.78, 5) is 23.7. The second-order valence-corrected chi connectivity index (χ2v) is 2.63. The van der Waals surface area contributed by atoms with Crippen LogP contribution in [0.4, 0.5) is 0 Å². The van der Waals surface area contributed by atoms with E-state index < -0.39 is 0 Å². The van der Waals surface area contributed by atoms with Gasteiger partial charge >= 0.3 is 0 Å². The van der Waals surface area contributed by atoms with Crippen LogP contribution in [0.5, 0.6) is 0 Å². The summed E-state index contributed by atoms with van der Waals surface area (Å²) in [5.41, 5.74) is 0.829. The van der Waals surface area contributed by atoms with Crippen molar-refractivity contribution < 1.29 is 42.3 Å². The third kappa shape index (κ3) is 1.47. The van der Waals surface area contributed by atoms with Crippen LogP contribution in [0.1, 0.15) is 20.7 Å². The predicted molar refractivity (Wildman–Crippen MR) is 41.7 cm³/mol. The molecule has 1 heterocycles. The Kier molecular flexibility index (Phi) is 2.99. The summed E-state index contributed by atoms with van der Waals surface area (Å²) < 4.78 is 0. The van der Waals surface area contributed by atoms with Gasteiger partial charge in [0.1, 0.15) is 0 Å². The normalized spacial score (nSPS) is 14.1. The number of imide groups is 1. The molecule has 0 aliphatic carbocycles. The Balaban J connectivity index is 0.000000845. The van der Waals surface area contributed by atoms with Gasteiger partial charge in [-0.1, -0.05) is 5.56 Å². The van der Waals surface area contributed by atoms with Gasteiger partial charge < -0.3 is 9.69 Å². The van der Waals surface area contributed by atoms with Gasteiger partial charge in [0.05, 0.1) is 0 Å². The maximum absolute atomic E-state index is 11.3. The maximum Gasteiger partial charge on any atom is 0.210 e. The first-order valence-corrected chi connectivity index (χ1v) is 3.55. The second kappa shape index (κ2) is 3.68. The van der Waals surface area contributed by atoms with E-state index in [0.717, 1.165) is 4.90 Å². The summed E-state index contributed by atoms with van der Waals surface area (Å²) in [6, 6.07) is 7.71. The van der Waals surface area contributed by atoms with E-state index in [1.165, 1.54) is 7.05 Å². The minimum Gasteiger partial charge on any atom is -0.327 e. The zero-order chi connectivity index (χ0) is 8.72. The number of fused-ring (bicyclic) bond motifs is 1. The van der Waals surface area contributed by atoms with Crippen LogP contribution in [0, 0.1) is 6.07 Å². The number of amides is 2. The van der Waals surface area contributed by atoms with Crippen molar-refractivity contribution in [3.05, 3.63) is 35.4 Å². The number of carbonyl (C=O) groups is 2. The first kappa shape index (κ1) is 10.5. The van der Waals surface area contributed by atoms with E-state index in [9.17, 15) is 9.59 Å². The van der Waals surface area contributed by atoms with Gasteiger partial charge in [-0.15, -0.1) is 24.3 Å². The second-order valence-electron chi connectivity index (χ2n) is 2.63. The van der Waals surface area contributed by atoms with Crippen LogP contribution in [0.15, 0.2) is 18.2 Å². The SMILES string of the molecule is CN1C(=O)c2[c-]cccc2C1=O.[Y]. The van der Waals surface area contributed by atoms with E-state index in [2.05, 4.69) is 6.07 Å². The van der Waals surface area contributed by atoms with Gasteiger partial charge in [0.25, 0.3) is 0 Å². The zero-order valence-electron chi connectivity index (χ0n) is 7.07. The molecule has 0 unspecified atom stereocenters. The average Bonchev–Trinajstić information content (AvgIpc) is 2.33. The molecule has 1 aromatic rings. The molecule has 2 rings (SSSR count). The molecule has 13 heavy (non-hydrogen) atoms. The molecule has 0 atom stereocenters. The Labute approximate surface area is 101 Å². The molecule has 63 valence electrons. The topological polar surface area (TPSA) is 37.4 Å². The van der Waals surface area contributed by atoms with Crippen LogP contribution < -0.4 is 0 Å². The van der Waals surface area contributed by atoms with Crippen molar-refractivity contribution in [3.63, 3.8) is 0 Å². The number of nitrogens with zero attached hydrogens (tertiary/aromatic N) is 1. The molecule has 0 aromatic heterocycles. The molecule has 1 aliphatic rings. The Morgan fingerprint density at radius 1 is 1.31 bits per heavy atom. The monoisotopic (exact) mass is 249 g/mol. The van der Waals surface area contributed by atoms with Crippen LogP contribution in [0.2, 0.25) is 0 Å². The maximum atomic E-state index is 11.3. The third-order valence-corrected chi connectivity index (χ3v) is 1.91. The fraction of sp³-hybridized carbons (Fsp3) is 0.111. The Morgan fingerprint density at radius 2 is 2.00 bits per heavy atom. The van der Waals surface area contributed by atoms with Crippen molar-refractivity contribution in [2.75, 3.05) is 7.05 Å². The van der Waals surface area contributed by atoms with Crippen LogP contribution in [0.25, 0.3) is 0 Å². The molecule has 1 aliphatic heterocycles. The van der Waals surface area contributed by atoms with Crippen molar-refractivity contribution in [1.82, 2.24) is 4.90 Å². The van der Waals surface area contributed by atoms with Crippen LogP contribution in [-0.4, -0.2) is 23.8 Å². The van der Waals surface area contributed by atoms with Crippen molar-refractivity contribution in [2.45, 2.75) is 0 Å². The smallest absolute Gasteiger partial charge is 0.210 e. The average molecular weight is 249 g/mol. The predicted octanol–water partition coefficient (Wildman–Crippen LogP) is 0.710. The van der Waals surface area contributed by atoms with E-state index >= 15 is 0 Å². The molecule has 0 saturated heterocycles. The van der Waals surface area contributed by atoms with Gasteiger partial charge in [-0.3, -0.25) is 4.79 Å². The van der Waals surface area contributed by atoms with Crippen LogP contribution in [-0.2, 0) is 32.7 Å². The summed E-state index contributed by atoms with van der Waals surface area (Å²) in [6.07, 6.45) is 0. The van der Waals surface area contributed by atoms with Crippen LogP contribution in [0.3, 0.4) is 0 Å². The van der Waals surface area contributed by atoms with Crippen molar-refractivity contribution in [3.8, 4) is 0 Å². The molecule has 0 spiro atoms. The molecule has 1 aromatic carbocycles. The van der Waals surface area contributed by atoms with Gasteiger partial charge in [-0.25, -0.2) is 0 Å². The molecule has 0 fully saturated rings. The van der Waals surface area contributed by atoms with E-state index in [0.29, 0.717) is 11.1 Å². The number of hydrogen-bond donors (Lipinski definition) is 0. The van der Waals surface area contributed by atoms with Crippen molar-refractivity contribution in [1.29, 1.82) is 0 Å². The van der Waals surface area contributed by atoms with E-state index in [1.807, 2.05) is 0 Å². The summed E-state index contributed by atoms with van der Waals surface area (Å²) in [7, 11) is 1.47. The standard InChI is InChI=1S/C9H6NO2.Y/c1-10-8(11)6-4-2-3-5-7(6)9(10)12;/h2-4H,1H3;/q-1;. The fourth-order valence-electron chi connectivity index (χ4n) is 1.23. The minimum atomic E-state index is -0.268. The van der Waals surface area contributed by atoms with Gasteiger partial charge in [-0.05, 0) is 5.56 Å². The quantitative estimate of drug-likeness (QED) is 0.501. The van der Waals surface area contributed by atoms with Gasteiger partial charge in [-0.2, -0.15) is 0 Å². The van der Waals surface area contributed by atoms with Crippen molar-refractivity contribution >= 4 is 11.8 Å². The first-order valence-electron chi connectivity index (χ1n) is 3.55. The largest absolute Gasteiger partial charge is 0.327 e. The molecule has 0 N–H and O–H groups in total. The summed E-state index contributed by atoms with van der Waals surface area (Å²) in [6.45, 7) is 0. The molecule has 4 heteroatoms. The fourth-order valence-corrected chi connectivity index (χ4v) is 1.23. The van der Waals surface area contributed by atoms with Crippen molar-refractivity contribution in [2.24, 2.45) is 0 Å². The van der Waals surface area contributed by atoms with E-state index in [1.54, 1.807) is 18.2 Å². The molecule has 2 amide bonds. The molecule has 1 radical (unpaired) electrons. The Bertz CT molecular complexity index is 341. The zero-order valence-corrected chi connectivity index (χ0v) is 9.91. The molecule has 0 saturated carbocycles. The molecular formula is C9H6NO2Y-. The van der Waals surface area contributed by atoms with Crippen LogP contribution >= 0.6 is 0 Å². The number of benzene rings is 1. The number of carbonyl (C=O) groups excluding carboxylic acids is 2. The Hall–Kier alpha value is -0.536. The van der Waals surface area contributed by atoms with E-state index in [-0.39, 0.29) is 44.5 Å². The van der Waals surface area contributed by atoms with Gasteiger partial charge in [0.15, 0.2) is 5.91 Å². The van der Waals surface area contributed by atoms with Gasteiger partial charge in [0, 0.05) is 39.8 Å². The van der Waals surface area contributed by atoms with Gasteiger partial charge in [0.2, 0.25) is 5.91 Å². The minimum absolute atomic E-state index is 0.